The van der Waals surface area contributed by atoms with Gasteiger partial charge in [-0.2, -0.15) is 0 Å². The minimum Gasteiger partial charge on any atom is -0.350 e. The molecule has 3 aliphatic rings. The Bertz CT molecular complexity index is 498. The molecular formula is C17H29N3O4. The van der Waals surface area contributed by atoms with Gasteiger partial charge in [-0.05, 0) is 29.7 Å². The standard InChI is InChI=1S/C17H29N3O4/c1-6-12-8(2)9(3)14(19-20-18)17(22-12)24-15-10(4)11(5)16-21-7-13(15)23-16/h8-17H,6-7H2,1-5H3/t8?,9-,10+,11-,12?,13?,14?,15?,16?,17?/m0/s1. The Hall–Kier alpha value is -0.850. The molecule has 0 aliphatic carbocycles. The molecule has 136 valence electrons. The second kappa shape index (κ2) is 7.18. The maximum atomic E-state index is 8.97. The predicted octanol–water partition coefficient (Wildman–Crippen LogP) is 3.48. The smallest absolute Gasteiger partial charge is 0.167 e. The summed E-state index contributed by atoms with van der Waals surface area (Å²) >= 11 is 0. The molecule has 2 bridgehead atoms. The third-order valence-electron chi connectivity index (χ3n) is 6.30. The molecule has 3 rings (SSSR count). The first-order valence-corrected chi connectivity index (χ1v) is 9.10. The van der Waals surface area contributed by atoms with Gasteiger partial charge in [0.15, 0.2) is 12.6 Å². The second-order valence-electron chi connectivity index (χ2n) is 7.56. The zero-order valence-corrected chi connectivity index (χ0v) is 15.2. The lowest BCUT2D eigenvalue weighted by Crippen LogP contribution is -2.54. The minimum absolute atomic E-state index is 0.0775. The van der Waals surface area contributed by atoms with E-state index in [2.05, 4.69) is 44.6 Å². The Balaban J connectivity index is 1.79. The molecule has 0 aromatic carbocycles. The molecule has 3 saturated heterocycles. The first-order valence-electron chi connectivity index (χ1n) is 9.10. The minimum atomic E-state index is -0.530. The van der Waals surface area contributed by atoms with Crippen LogP contribution in [0.5, 0.6) is 0 Å². The van der Waals surface area contributed by atoms with E-state index in [0.717, 1.165) is 6.42 Å². The van der Waals surface area contributed by atoms with Crippen molar-refractivity contribution >= 4 is 0 Å². The molecule has 10 atom stereocenters. The van der Waals surface area contributed by atoms with Gasteiger partial charge in [-0.1, -0.05) is 39.7 Å². The van der Waals surface area contributed by atoms with Crippen LogP contribution in [-0.2, 0) is 18.9 Å². The van der Waals surface area contributed by atoms with Crippen LogP contribution in [-0.4, -0.2) is 43.5 Å². The number of azide groups is 1. The van der Waals surface area contributed by atoms with E-state index in [1.54, 1.807) is 0 Å². The summed E-state index contributed by atoms with van der Waals surface area (Å²) in [6.07, 6.45) is 0.171. The van der Waals surface area contributed by atoms with Gasteiger partial charge in [-0.15, -0.1) is 0 Å². The van der Waals surface area contributed by atoms with Crippen molar-refractivity contribution in [3.05, 3.63) is 10.4 Å². The molecular weight excluding hydrogens is 310 g/mol. The topological polar surface area (TPSA) is 85.7 Å². The molecule has 24 heavy (non-hydrogen) atoms. The zero-order valence-electron chi connectivity index (χ0n) is 15.2. The molecule has 3 aliphatic heterocycles. The van der Waals surface area contributed by atoms with Crippen molar-refractivity contribution < 1.29 is 18.9 Å². The third kappa shape index (κ3) is 3.04. The lowest BCUT2D eigenvalue weighted by molar-refractivity contribution is -0.283. The molecule has 0 amide bonds. The van der Waals surface area contributed by atoms with Gasteiger partial charge < -0.3 is 18.9 Å². The SMILES string of the molecule is CCC1OC(OC2C3COC(O3)[C@@H](C)[C@H]2C)C(N=[N+]=[N-])[C@@H](C)C1C. The maximum absolute atomic E-state index is 8.97. The fraction of sp³-hybridized carbons (Fsp3) is 1.00. The van der Waals surface area contributed by atoms with Gasteiger partial charge in [-0.3, -0.25) is 0 Å². The van der Waals surface area contributed by atoms with Gasteiger partial charge in [-0.25, -0.2) is 0 Å². The summed E-state index contributed by atoms with van der Waals surface area (Å²) in [5.74, 6) is 1.08. The molecule has 3 heterocycles. The van der Waals surface area contributed by atoms with Crippen LogP contribution in [0.2, 0.25) is 0 Å². The van der Waals surface area contributed by atoms with E-state index in [9.17, 15) is 0 Å². The number of rotatable bonds is 4. The van der Waals surface area contributed by atoms with Crippen molar-refractivity contribution in [2.75, 3.05) is 6.61 Å². The van der Waals surface area contributed by atoms with Gasteiger partial charge in [0.05, 0.1) is 24.9 Å². The lowest BCUT2D eigenvalue weighted by Gasteiger charge is -2.46. The molecule has 0 saturated carbocycles. The van der Waals surface area contributed by atoms with Crippen LogP contribution in [0, 0.1) is 23.7 Å². The number of hydrogen-bond donors (Lipinski definition) is 0. The molecule has 0 radical (unpaired) electrons. The van der Waals surface area contributed by atoms with Gasteiger partial charge >= 0.3 is 0 Å². The predicted molar refractivity (Wildman–Crippen MR) is 88.0 cm³/mol. The van der Waals surface area contributed by atoms with Crippen LogP contribution in [0.15, 0.2) is 5.11 Å². The summed E-state index contributed by atoms with van der Waals surface area (Å²) in [5, 5.41) is 3.99. The maximum Gasteiger partial charge on any atom is 0.167 e. The van der Waals surface area contributed by atoms with Crippen LogP contribution in [0.25, 0.3) is 10.4 Å². The van der Waals surface area contributed by atoms with E-state index in [1.807, 2.05) is 0 Å². The van der Waals surface area contributed by atoms with Crippen LogP contribution < -0.4 is 0 Å². The summed E-state index contributed by atoms with van der Waals surface area (Å²) in [6, 6.07) is -0.324. The first-order chi connectivity index (χ1) is 11.5. The molecule has 7 heteroatoms. The molecule has 0 spiro atoms. The summed E-state index contributed by atoms with van der Waals surface area (Å²) in [7, 11) is 0. The van der Waals surface area contributed by atoms with Gasteiger partial charge in [0.1, 0.15) is 6.10 Å². The van der Waals surface area contributed by atoms with Crippen LogP contribution in [0.3, 0.4) is 0 Å². The molecule has 7 nitrogen and oxygen atoms in total. The Morgan fingerprint density at radius 3 is 2.50 bits per heavy atom. The van der Waals surface area contributed by atoms with Crippen molar-refractivity contribution in [3.8, 4) is 0 Å². The Labute approximate surface area is 143 Å². The Morgan fingerprint density at radius 1 is 1.08 bits per heavy atom. The highest BCUT2D eigenvalue weighted by Gasteiger charge is 2.50. The third-order valence-corrected chi connectivity index (χ3v) is 6.30. The van der Waals surface area contributed by atoms with Gasteiger partial charge in [0, 0.05) is 10.8 Å². The van der Waals surface area contributed by atoms with Crippen molar-refractivity contribution in [1.82, 2.24) is 0 Å². The van der Waals surface area contributed by atoms with E-state index in [0.29, 0.717) is 18.4 Å². The van der Waals surface area contributed by atoms with E-state index in [1.165, 1.54) is 0 Å². The van der Waals surface area contributed by atoms with E-state index in [-0.39, 0.29) is 42.5 Å². The normalized spacial score (nSPS) is 51.2. The summed E-state index contributed by atoms with van der Waals surface area (Å²) in [6.45, 7) is 11.2. The van der Waals surface area contributed by atoms with Crippen LogP contribution in [0.4, 0.5) is 0 Å². The number of fused-ring (bicyclic) bond motifs is 2. The largest absolute Gasteiger partial charge is 0.350 e. The molecule has 0 aromatic heterocycles. The van der Waals surface area contributed by atoms with Crippen LogP contribution >= 0.6 is 0 Å². The molecule has 0 aromatic rings. The summed E-state index contributed by atoms with van der Waals surface area (Å²) in [4.78, 5) is 3.03. The lowest BCUT2D eigenvalue weighted by atomic mass is 9.81. The Morgan fingerprint density at radius 2 is 1.83 bits per heavy atom. The molecule has 0 N–H and O–H groups in total. The average Bonchev–Trinajstić information content (AvgIpc) is 3.02. The first kappa shape index (κ1) is 18.0. The van der Waals surface area contributed by atoms with E-state index < -0.39 is 6.29 Å². The van der Waals surface area contributed by atoms with Crippen molar-refractivity contribution in [2.24, 2.45) is 28.8 Å². The van der Waals surface area contributed by atoms with Gasteiger partial charge in [0.25, 0.3) is 0 Å². The summed E-state index contributed by atoms with van der Waals surface area (Å²) < 4.78 is 24.2. The number of ether oxygens (including phenoxy) is 4. The highest BCUT2D eigenvalue weighted by molar-refractivity contribution is 4.94. The van der Waals surface area contributed by atoms with E-state index in [4.69, 9.17) is 24.5 Å². The highest BCUT2D eigenvalue weighted by Crippen LogP contribution is 2.41. The number of nitrogens with zero attached hydrogens (tertiary/aromatic N) is 3. The molecule has 7 unspecified atom stereocenters. The number of hydrogen-bond acceptors (Lipinski definition) is 5. The average molecular weight is 339 g/mol. The van der Waals surface area contributed by atoms with Gasteiger partial charge in [0.2, 0.25) is 0 Å². The highest BCUT2D eigenvalue weighted by atomic mass is 16.7. The zero-order chi connectivity index (χ0) is 17.4. The fourth-order valence-corrected chi connectivity index (χ4v) is 4.21. The fourth-order valence-electron chi connectivity index (χ4n) is 4.21. The van der Waals surface area contributed by atoms with Crippen LogP contribution in [0.1, 0.15) is 41.0 Å². The summed E-state index contributed by atoms with van der Waals surface area (Å²) in [5.41, 5.74) is 8.97. The van der Waals surface area contributed by atoms with Crippen molar-refractivity contribution in [3.63, 3.8) is 0 Å². The van der Waals surface area contributed by atoms with Crippen molar-refractivity contribution in [1.29, 1.82) is 0 Å². The monoisotopic (exact) mass is 339 g/mol. The quantitative estimate of drug-likeness (QED) is 0.446. The molecule has 3 fully saturated rings. The van der Waals surface area contributed by atoms with E-state index >= 15 is 0 Å². The second-order valence-corrected chi connectivity index (χ2v) is 7.56. The van der Waals surface area contributed by atoms with Crippen molar-refractivity contribution in [2.45, 2.75) is 78.0 Å². The Kier molecular flexibility index (Phi) is 5.37.